The molecule has 0 bridgehead atoms. The van der Waals surface area contributed by atoms with Gasteiger partial charge in [0.15, 0.2) is 0 Å². The molecular formula is C8H16N2O3. The maximum atomic E-state index is 11.0. The third-order valence-electron chi connectivity index (χ3n) is 1.43. The van der Waals surface area contributed by atoms with Crippen LogP contribution in [-0.4, -0.2) is 24.3 Å². The highest BCUT2D eigenvalue weighted by atomic mass is 16.5. The summed E-state index contributed by atoms with van der Waals surface area (Å²) in [5.74, 6) is -0.599. The number of ether oxygens (including phenoxy) is 1. The molecular weight excluding hydrogens is 172 g/mol. The average molecular weight is 188 g/mol. The van der Waals surface area contributed by atoms with Crippen LogP contribution in [0.1, 0.15) is 19.8 Å². The zero-order chi connectivity index (χ0) is 10.3. The van der Waals surface area contributed by atoms with Crippen molar-refractivity contribution in [3.63, 3.8) is 0 Å². The Labute approximate surface area is 77.4 Å². The molecule has 0 aliphatic rings. The molecule has 0 aromatic carbocycles. The first-order valence-corrected chi connectivity index (χ1v) is 4.09. The standard InChI is InChI=1S/C8H16N2O3/c1-6(9)7(10)8(12)13-5-3-2-4-11/h11H,2-5,9-10H2,1H3/b7-6+. The summed E-state index contributed by atoms with van der Waals surface area (Å²) in [6.07, 6.45) is 1.23. The van der Waals surface area contributed by atoms with Crippen molar-refractivity contribution in [2.24, 2.45) is 11.5 Å². The summed E-state index contributed by atoms with van der Waals surface area (Å²) in [6.45, 7) is 1.89. The Morgan fingerprint density at radius 3 is 2.46 bits per heavy atom. The van der Waals surface area contributed by atoms with Crippen LogP contribution in [0.25, 0.3) is 0 Å². The molecule has 0 radical (unpaired) electrons. The van der Waals surface area contributed by atoms with Crippen molar-refractivity contribution in [1.29, 1.82) is 0 Å². The first-order valence-electron chi connectivity index (χ1n) is 4.09. The van der Waals surface area contributed by atoms with E-state index in [0.29, 0.717) is 12.8 Å². The Morgan fingerprint density at radius 1 is 1.38 bits per heavy atom. The lowest BCUT2D eigenvalue weighted by Gasteiger charge is -2.04. The number of unbranched alkanes of at least 4 members (excludes halogenated alkanes) is 1. The summed E-state index contributed by atoms with van der Waals surface area (Å²) in [7, 11) is 0. The lowest BCUT2D eigenvalue weighted by atomic mass is 10.3. The highest BCUT2D eigenvalue weighted by Crippen LogP contribution is 1.96. The Bertz CT molecular complexity index is 198. The molecule has 0 saturated heterocycles. The van der Waals surface area contributed by atoms with Gasteiger partial charge in [0.05, 0.1) is 6.61 Å². The van der Waals surface area contributed by atoms with Crippen molar-refractivity contribution in [3.8, 4) is 0 Å². The normalized spacial score (nSPS) is 12.2. The minimum atomic E-state index is -0.599. The van der Waals surface area contributed by atoms with Crippen LogP contribution >= 0.6 is 0 Å². The number of carbonyl (C=O) groups is 1. The molecule has 0 aliphatic heterocycles. The van der Waals surface area contributed by atoms with Gasteiger partial charge >= 0.3 is 5.97 Å². The average Bonchev–Trinajstić information content (AvgIpc) is 2.10. The zero-order valence-electron chi connectivity index (χ0n) is 7.75. The molecule has 0 amide bonds. The lowest BCUT2D eigenvalue weighted by Crippen LogP contribution is -2.19. The van der Waals surface area contributed by atoms with Gasteiger partial charge in [0.1, 0.15) is 5.70 Å². The molecule has 0 heterocycles. The quantitative estimate of drug-likeness (QED) is 0.305. The van der Waals surface area contributed by atoms with Crippen LogP contribution in [0.15, 0.2) is 11.4 Å². The van der Waals surface area contributed by atoms with Crippen molar-refractivity contribution < 1.29 is 14.6 Å². The van der Waals surface area contributed by atoms with Gasteiger partial charge in [0.25, 0.3) is 0 Å². The van der Waals surface area contributed by atoms with E-state index in [0.717, 1.165) is 0 Å². The Morgan fingerprint density at radius 2 is 2.00 bits per heavy atom. The van der Waals surface area contributed by atoms with Gasteiger partial charge in [-0.05, 0) is 19.8 Å². The SMILES string of the molecule is C/C(N)=C(\N)C(=O)OCCCCO. The van der Waals surface area contributed by atoms with Gasteiger partial charge in [0.2, 0.25) is 0 Å². The number of aliphatic hydroxyl groups excluding tert-OH is 1. The van der Waals surface area contributed by atoms with Crippen LogP contribution in [0.4, 0.5) is 0 Å². The first kappa shape index (κ1) is 11.8. The molecule has 5 nitrogen and oxygen atoms in total. The number of aliphatic hydroxyl groups is 1. The van der Waals surface area contributed by atoms with E-state index in [9.17, 15) is 4.79 Å². The van der Waals surface area contributed by atoms with Gasteiger partial charge in [-0.2, -0.15) is 0 Å². The molecule has 0 fully saturated rings. The van der Waals surface area contributed by atoms with Crippen molar-refractivity contribution in [2.75, 3.05) is 13.2 Å². The van der Waals surface area contributed by atoms with Gasteiger partial charge in [0, 0.05) is 12.3 Å². The van der Waals surface area contributed by atoms with E-state index in [1.54, 1.807) is 0 Å². The van der Waals surface area contributed by atoms with E-state index in [1.807, 2.05) is 0 Å². The number of nitrogens with two attached hydrogens (primary N) is 2. The van der Waals surface area contributed by atoms with Crippen LogP contribution in [0, 0.1) is 0 Å². The summed E-state index contributed by atoms with van der Waals surface area (Å²) < 4.78 is 4.75. The number of allylic oxidation sites excluding steroid dienone is 1. The third kappa shape index (κ3) is 5.08. The van der Waals surface area contributed by atoms with Gasteiger partial charge in [-0.3, -0.25) is 0 Å². The number of hydrogen-bond donors (Lipinski definition) is 3. The summed E-state index contributed by atoms with van der Waals surface area (Å²) in [4.78, 5) is 11.0. The molecule has 0 aliphatic carbocycles. The predicted molar refractivity (Wildman–Crippen MR) is 48.4 cm³/mol. The third-order valence-corrected chi connectivity index (χ3v) is 1.43. The Balaban J connectivity index is 3.70. The largest absolute Gasteiger partial charge is 0.461 e. The van der Waals surface area contributed by atoms with Gasteiger partial charge < -0.3 is 21.3 Å². The smallest absolute Gasteiger partial charge is 0.355 e. The molecule has 0 atom stereocenters. The summed E-state index contributed by atoms with van der Waals surface area (Å²) in [6, 6.07) is 0. The molecule has 5 heteroatoms. The molecule has 76 valence electrons. The molecule has 0 unspecified atom stereocenters. The monoisotopic (exact) mass is 188 g/mol. The van der Waals surface area contributed by atoms with Crippen LogP contribution < -0.4 is 11.5 Å². The maximum absolute atomic E-state index is 11.0. The highest BCUT2D eigenvalue weighted by Gasteiger charge is 2.07. The van der Waals surface area contributed by atoms with E-state index < -0.39 is 5.97 Å². The predicted octanol–water partition coefficient (Wildman–Crippen LogP) is -0.549. The topological polar surface area (TPSA) is 98.6 Å². The highest BCUT2D eigenvalue weighted by molar-refractivity contribution is 5.87. The van der Waals surface area contributed by atoms with E-state index in [-0.39, 0.29) is 24.6 Å². The first-order chi connectivity index (χ1) is 6.09. The van der Waals surface area contributed by atoms with E-state index in [1.165, 1.54) is 6.92 Å². The van der Waals surface area contributed by atoms with Crippen molar-refractivity contribution >= 4 is 5.97 Å². The lowest BCUT2D eigenvalue weighted by molar-refractivity contribution is -0.139. The fourth-order valence-corrected chi connectivity index (χ4v) is 0.617. The summed E-state index contributed by atoms with van der Waals surface area (Å²) in [5.41, 5.74) is 10.8. The van der Waals surface area contributed by atoms with E-state index >= 15 is 0 Å². The van der Waals surface area contributed by atoms with E-state index in [4.69, 9.17) is 21.3 Å². The second kappa shape index (κ2) is 6.30. The second-order valence-corrected chi connectivity index (χ2v) is 2.66. The van der Waals surface area contributed by atoms with Gasteiger partial charge in [-0.25, -0.2) is 4.79 Å². The molecule has 0 saturated carbocycles. The minimum absolute atomic E-state index is 0.0519. The van der Waals surface area contributed by atoms with Gasteiger partial charge in [-0.1, -0.05) is 0 Å². The van der Waals surface area contributed by atoms with Gasteiger partial charge in [-0.15, -0.1) is 0 Å². The Hall–Kier alpha value is -1.23. The second-order valence-electron chi connectivity index (χ2n) is 2.66. The fourth-order valence-electron chi connectivity index (χ4n) is 0.617. The fraction of sp³-hybridized carbons (Fsp3) is 0.625. The summed E-state index contributed by atoms with van der Waals surface area (Å²) in [5, 5.41) is 8.43. The van der Waals surface area contributed by atoms with Crippen molar-refractivity contribution in [3.05, 3.63) is 11.4 Å². The Kier molecular flexibility index (Phi) is 5.71. The molecule has 0 rings (SSSR count). The zero-order valence-corrected chi connectivity index (χ0v) is 7.75. The number of carbonyl (C=O) groups excluding carboxylic acids is 1. The molecule has 0 spiro atoms. The maximum Gasteiger partial charge on any atom is 0.355 e. The van der Waals surface area contributed by atoms with Crippen LogP contribution in [0.2, 0.25) is 0 Å². The molecule has 5 N–H and O–H groups in total. The van der Waals surface area contributed by atoms with E-state index in [2.05, 4.69) is 0 Å². The van der Waals surface area contributed by atoms with Crippen LogP contribution in [0.5, 0.6) is 0 Å². The number of esters is 1. The molecule has 0 aromatic rings. The molecule has 0 aromatic heterocycles. The number of rotatable bonds is 5. The van der Waals surface area contributed by atoms with Crippen molar-refractivity contribution in [2.45, 2.75) is 19.8 Å². The van der Waals surface area contributed by atoms with Crippen molar-refractivity contribution in [1.82, 2.24) is 0 Å². The minimum Gasteiger partial charge on any atom is -0.461 e. The number of hydrogen-bond acceptors (Lipinski definition) is 5. The molecule has 13 heavy (non-hydrogen) atoms. The van der Waals surface area contributed by atoms with Crippen LogP contribution in [0.3, 0.4) is 0 Å². The summed E-state index contributed by atoms with van der Waals surface area (Å²) >= 11 is 0. The van der Waals surface area contributed by atoms with Crippen LogP contribution in [-0.2, 0) is 9.53 Å².